The summed E-state index contributed by atoms with van der Waals surface area (Å²) < 4.78 is 0. The van der Waals surface area contributed by atoms with E-state index in [9.17, 15) is 0 Å². The summed E-state index contributed by atoms with van der Waals surface area (Å²) in [5.41, 5.74) is 0. The van der Waals surface area contributed by atoms with Crippen molar-refractivity contribution >= 4 is 29.9 Å². The summed E-state index contributed by atoms with van der Waals surface area (Å²) in [5, 5.41) is 6.55. The van der Waals surface area contributed by atoms with Gasteiger partial charge >= 0.3 is 0 Å². The van der Waals surface area contributed by atoms with Crippen LogP contribution in [0.5, 0.6) is 0 Å². The predicted molar refractivity (Wildman–Crippen MR) is 67.8 cm³/mol. The molecule has 0 saturated heterocycles. The van der Waals surface area contributed by atoms with Gasteiger partial charge < -0.3 is 10.6 Å². The van der Waals surface area contributed by atoms with E-state index in [1.54, 1.807) is 0 Å². The lowest BCUT2D eigenvalue weighted by atomic mass is 10.4. The molecule has 0 spiro atoms. The highest BCUT2D eigenvalue weighted by Crippen LogP contribution is 2.27. The Bertz CT molecular complexity index is 164. The summed E-state index contributed by atoms with van der Waals surface area (Å²) in [6, 6.07) is 0.454. The Morgan fingerprint density at radius 1 is 1.46 bits per heavy atom. The molecule has 1 aliphatic carbocycles. The largest absolute Gasteiger partial charge is 0.356 e. The highest BCUT2D eigenvalue weighted by Gasteiger charge is 2.20. The standard InChI is InChI=1S/C9H19N3.HI/c1-7(2)12-9(10-3)11-6-8-4-5-8;/h7-8H,4-6H2,1-3H3,(H2,10,11,12);1H. The van der Waals surface area contributed by atoms with Crippen molar-refractivity contribution in [2.75, 3.05) is 13.6 Å². The average Bonchev–Trinajstić information content (AvgIpc) is 2.80. The Morgan fingerprint density at radius 3 is 2.46 bits per heavy atom. The van der Waals surface area contributed by atoms with Gasteiger partial charge in [-0.3, -0.25) is 4.99 Å². The zero-order valence-corrected chi connectivity index (χ0v) is 11.0. The quantitative estimate of drug-likeness (QED) is 0.471. The van der Waals surface area contributed by atoms with Gasteiger partial charge in [0.1, 0.15) is 0 Å². The maximum atomic E-state index is 4.12. The first-order valence-electron chi connectivity index (χ1n) is 4.69. The molecule has 1 rings (SSSR count). The summed E-state index contributed by atoms with van der Waals surface area (Å²) in [4.78, 5) is 4.12. The molecule has 0 heterocycles. The summed E-state index contributed by atoms with van der Waals surface area (Å²) in [6.45, 7) is 5.31. The first-order valence-corrected chi connectivity index (χ1v) is 4.69. The van der Waals surface area contributed by atoms with Crippen LogP contribution in [0.15, 0.2) is 4.99 Å². The summed E-state index contributed by atoms with van der Waals surface area (Å²) >= 11 is 0. The van der Waals surface area contributed by atoms with Gasteiger partial charge in [-0.05, 0) is 32.6 Å². The van der Waals surface area contributed by atoms with Gasteiger partial charge in [0, 0.05) is 19.6 Å². The Labute approximate surface area is 97.8 Å². The molecular formula is C9H20IN3. The predicted octanol–water partition coefficient (Wildman–Crippen LogP) is 1.59. The van der Waals surface area contributed by atoms with Crippen molar-refractivity contribution in [3.8, 4) is 0 Å². The zero-order chi connectivity index (χ0) is 8.97. The normalized spacial score (nSPS) is 16.8. The van der Waals surface area contributed by atoms with Gasteiger partial charge in [0.15, 0.2) is 5.96 Å². The second kappa shape index (κ2) is 6.45. The molecular weight excluding hydrogens is 277 g/mol. The van der Waals surface area contributed by atoms with E-state index < -0.39 is 0 Å². The van der Waals surface area contributed by atoms with Crippen molar-refractivity contribution in [2.45, 2.75) is 32.7 Å². The molecule has 13 heavy (non-hydrogen) atoms. The number of hydrogen-bond donors (Lipinski definition) is 2. The highest BCUT2D eigenvalue weighted by molar-refractivity contribution is 14.0. The van der Waals surface area contributed by atoms with Crippen molar-refractivity contribution in [1.82, 2.24) is 10.6 Å². The van der Waals surface area contributed by atoms with Crippen molar-refractivity contribution in [3.63, 3.8) is 0 Å². The molecule has 0 unspecified atom stereocenters. The molecule has 0 aromatic heterocycles. The number of halogens is 1. The Kier molecular flexibility index (Phi) is 6.45. The van der Waals surface area contributed by atoms with Crippen molar-refractivity contribution in [3.05, 3.63) is 0 Å². The van der Waals surface area contributed by atoms with Gasteiger partial charge in [0.05, 0.1) is 0 Å². The van der Waals surface area contributed by atoms with Crippen LogP contribution in [0.25, 0.3) is 0 Å². The number of hydrogen-bond acceptors (Lipinski definition) is 1. The lowest BCUT2D eigenvalue weighted by Gasteiger charge is -2.13. The lowest BCUT2D eigenvalue weighted by Crippen LogP contribution is -2.41. The molecule has 0 radical (unpaired) electrons. The molecule has 0 amide bonds. The second-order valence-corrected chi connectivity index (χ2v) is 3.70. The molecule has 1 fully saturated rings. The number of guanidine groups is 1. The van der Waals surface area contributed by atoms with E-state index in [0.29, 0.717) is 6.04 Å². The first-order chi connectivity index (χ1) is 5.72. The van der Waals surface area contributed by atoms with Gasteiger partial charge in [-0.25, -0.2) is 0 Å². The molecule has 0 aromatic rings. The van der Waals surface area contributed by atoms with Crippen LogP contribution in [0, 0.1) is 5.92 Å². The van der Waals surface area contributed by atoms with E-state index in [0.717, 1.165) is 18.4 Å². The van der Waals surface area contributed by atoms with Gasteiger partial charge in [-0.2, -0.15) is 0 Å². The molecule has 0 bridgehead atoms. The first kappa shape index (κ1) is 13.0. The van der Waals surface area contributed by atoms with Gasteiger partial charge in [0.2, 0.25) is 0 Å². The fourth-order valence-corrected chi connectivity index (χ4v) is 1.03. The van der Waals surface area contributed by atoms with Crippen molar-refractivity contribution in [1.29, 1.82) is 0 Å². The Balaban J connectivity index is 0.00000144. The van der Waals surface area contributed by atoms with Crippen molar-refractivity contribution in [2.24, 2.45) is 10.9 Å². The molecule has 3 nitrogen and oxygen atoms in total. The third-order valence-corrected chi connectivity index (χ3v) is 1.90. The van der Waals surface area contributed by atoms with Crippen LogP contribution in [0.1, 0.15) is 26.7 Å². The van der Waals surface area contributed by atoms with Crippen LogP contribution >= 0.6 is 24.0 Å². The highest BCUT2D eigenvalue weighted by atomic mass is 127. The minimum Gasteiger partial charge on any atom is -0.356 e. The fourth-order valence-electron chi connectivity index (χ4n) is 1.03. The molecule has 2 N–H and O–H groups in total. The maximum Gasteiger partial charge on any atom is 0.191 e. The molecule has 0 aliphatic heterocycles. The SMILES string of the molecule is CN=C(NCC1CC1)NC(C)C.I. The fraction of sp³-hybridized carbons (Fsp3) is 0.889. The van der Waals surface area contributed by atoms with E-state index in [-0.39, 0.29) is 24.0 Å². The van der Waals surface area contributed by atoms with Crippen LogP contribution in [-0.4, -0.2) is 25.6 Å². The summed E-state index contributed by atoms with van der Waals surface area (Å²) in [7, 11) is 1.81. The molecule has 0 atom stereocenters. The molecule has 78 valence electrons. The van der Waals surface area contributed by atoms with Crippen LogP contribution in [0.4, 0.5) is 0 Å². The Hall–Kier alpha value is 0. The van der Waals surface area contributed by atoms with Gasteiger partial charge in [-0.1, -0.05) is 0 Å². The second-order valence-electron chi connectivity index (χ2n) is 3.70. The van der Waals surface area contributed by atoms with Gasteiger partial charge in [-0.15, -0.1) is 24.0 Å². The number of nitrogens with one attached hydrogen (secondary N) is 2. The van der Waals surface area contributed by atoms with Crippen LogP contribution in [0.3, 0.4) is 0 Å². The van der Waals surface area contributed by atoms with E-state index in [4.69, 9.17) is 0 Å². The van der Waals surface area contributed by atoms with Crippen LogP contribution in [-0.2, 0) is 0 Å². The number of rotatable bonds is 3. The molecule has 4 heteroatoms. The van der Waals surface area contributed by atoms with E-state index in [1.165, 1.54) is 12.8 Å². The maximum absolute atomic E-state index is 4.12. The van der Waals surface area contributed by atoms with E-state index in [2.05, 4.69) is 29.5 Å². The zero-order valence-electron chi connectivity index (χ0n) is 8.63. The summed E-state index contributed by atoms with van der Waals surface area (Å²) in [6.07, 6.45) is 2.76. The smallest absolute Gasteiger partial charge is 0.191 e. The van der Waals surface area contributed by atoms with Crippen LogP contribution < -0.4 is 10.6 Å². The molecule has 0 aromatic carbocycles. The number of nitrogens with zero attached hydrogens (tertiary/aromatic N) is 1. The third kappa shape index (κ3) is 6.12. The average molecular weight is 297 g/mol. The minimum absolute atomic E-state index is 0. The topological polar surface area (TPSA) is 36.4 Å². The molecule has 1 aliphatic rings. The van der Waals surface area contributed by atoms with E-state index in [1.807, 2.05) is 7.05 Å². The van der Waals surface area contributed by atoms with Gasteiger partial charge in [0.25, 0.3) is 0 Å². The lowest BCUT2D eigenvalue weighted by molar-refractivity contribution is 0.681. The Morgan fingerprint density at radius 2 is 2.08 bits per heavy atom. The summed E-state index contributed by atoms with van der Waals surface area (Å²) in [5.74, 6) is 1.83. The molecule has 1 saturated carbocycles. The van der Waals surface area contributed by atoms with Crippen molar-refractivity contribution < 1.29 is 0 Å². The monoisotopic (exact) mass is 297 g/mol. The minimum atomic E-state index is 0. The third-order valence-electron chi connectivity index (χ3n) is 1.90. The van der Waals surface area contributed by atoms with Crippen LogP contribution in [0.2, 0.25) is 0 Å². The van der Waals surface area contributed by atoms with E-state index >= 15 is 0 Å². The number of aliphatic imine (C=N–C) groups is 1.